The van der Waals surface area contributed by atoms with Gasteiger partial charge in [0, 0.05) is 48.9 Å². The Balaban J connectivity index is 1.74. The lowest BCUT2D eigenvalue weighted by Crippen LogP contribution is -2.51. The van der Waals surface area contributed by atoms with Crippen LogP contribution in [-0.4, -0.2) is 43.0 Å². The highest BCUT2D eigenvalue weighted by molar-refractivity contribution is 5.98. The summed E-state index contributed by atoms with van der Waals surface area (Å²) in [4.78, 5) is 32.1. The Bertz CT molecular complexity index is 1000. The zero-order chi connectivity index (χ0) is 22.8. The molecule has 0 unspecified atom stereocenters. The number of anilines is 2. The molecule has 170 valence electrons. The number of likely N-dealkylation sites (N-methyl/N-ethyl adjacent to an activating group) is 1. The maximum atomic E-state index is 12.8. The third-order valence-electron chi connectivity index (χ3n) is 6.54. The van der Waals surface area contributed by atoms with Crippen molar-refractivity contribution >= 4 is 23.3 Å². The van der Waals surface area contributed by atoms with E-state index in [9.17, 15) is 9.59 Å². The van der Waals surface area contributed by atoms with Crippen molar-refractivity contribution < 1.29 is 9.59 Å². The van der Waals surface area contributed by atoms with Crippen LogP contribution < -0.4 is 20.9 Å². The van der Waals surface area contributed by atoms with Gasteiger partial charge in [0.25, 0.3) is 5.91 Å². The van der Waals surface area contributed by atoms with E-state index in [4.69, 9.17) is 0 Å². The average Bonchev–Trinajstić information content (AvgIpc) is 3.60. The number of fused-ring (bicyclic) bond motifs is 1. The van der Waals surface area contributed by atoms with E-state index in [2.05, 4.69) is 27.9 Å². The van der Waals surface area contributed by atoms with Gasteiger partial charge in [-0.3, -0.25) is 9.59 Å². The molecule has 2 aliphatic rings. The van der Waals surface area contributed by atoms with Crippen molar-refractivity contribution in [3.05, 3.63) is 53.2 Å². The molecule has 3 N–H and O–H groups in total. The molecule has 1 aromatic heterocycles. The van der Waals surface area contributed by atoms with Gasteiger partial charge in [0.15, 0.2) is 0 Å². The molecule has 3 atom stereocenters. The highest BCUT2D eigenvalue weighted by atomic mass is 16.2. The summed E-state index contributed by atoms with van der Waals surface area (Å²) in [5.41, 5.74) is 3.41. The van der Waals surface area contributed by atoms with E-state index in [1.54, 1.807) is 6.92 Å². The van der Waals surface area contributed by atoms with E-state index < -0.39 is 0 Å². The lowest BCUT2D eigenvalue weighted by Gasteiger charge is -2.46. The predicted octanol–water partition coefficient (Wildman–Crippen LogP) is 3.27. The van der Waals surface area contributed by atoms with Gasteiger partial charge in [0.1, 0.15) is 5.82 Å². The summed E-state index contributed by atoms with van der Waals surface area (Å²) < 4.78 is 0. The second-order valence-corrected chi connectivity index (χ2v) is 9.00. The van der Waals surface area contributed by atoms with E-state index in [1.165, 1.54) is 0 Å². The van der Waals surface area contributed by atoms with Crippen LogP contribution >= 0.6 is 0 Å². The first kappa shape index (κ1) is 22.3. The zero-order valence-corrected chi connectivity index (χ0v) is 19.3. The number of carbonyl (C=O) groups is 2. The van der Waals surface area contributed by atoms with Gasteiger partial charge in [-0.15, -0.1) is 0 Å². The van der Waals surface area contributed by atoms with Crippen LogP contribution in [0.2, 0.25) is 0 Å². The van der Waals surface area contributed by atoms with Crippen LogP contribution in [0, 0.1) is 18.8 Å². The van der Waals surface area contributed by atoms with Crippen molar-refractivity contribution in [1.29, 1.82) is 0 Å². The fraction of sp³-hybridized carbons (Fsp3) is 0.480. The zero-order valence-electron chi connectivity index (χ0n) is 19.3. The van der Waals surface area contributed by atoms with Crippen molar-refractivity contribution in [2.24, 2.45) is 11.8 Å². The molecule has 1 saturated carbocycles. The maximum absolute atomic E-state index is 12.8. The van der Waals surface area contributed by atoms with Crippen LogP contribution in [0.4, 0.5) is 11.5 Å². The number of hydrogen-bond acceptors (Lipinski definition) is 5. The number of nitrogens with zero attached hydrogens (tertiary/aromatic N) is 2. The lowest BCUT2D eigenvalue weighted by atomic mass is 9.79. The Kier molecular flexibility index (Phi) is 6.46. The van der Waals surface area contributed by atoms with Crippen LogP contribution in [0.15, 0.2) is 36.4 Å². The number of carbonyl (C=O) groups excluding carboxylic acids is 2. The van der Waals surface area contributed by atoms with Crippen LogP contribution in [0.25, 0.3) is 0 Å². The van der Waals surface area contributed by atoms with Gasteiger partial charge in [0.05, 0.1) is 6.04 Å². The average molecular weight is 436 g/mol. The third kappa shape index (κ3) is 4.48. The molecule has 32 heavy (non-hydrogen) atoms. The Morgan fingerprint density at radius 3 is 2.59 bits per heavy atom. The van der Waals surface area contributed by atoms with Gasteiger partial charge in [0.2, 0.25) is 5.91 Å². The van der Waals surface area contributed by atoms with E-state index >= 15 is 0 Å². The van der Waals surface area contributed by atoms with Gasteiger partial charge in [-0.05, 0) is 68.6 Å². The molecule has 1 fully saturated rings. The van der Waals surface area contributed by atoms with Crippen LogP contribution in [0.3, 0.4) is 0 Å². The highest BCUT2D eigenvalue weighted by Gasteiger charge is 2.47. The minimum Gasteiger partial charge on any atom is -0.363 e. The van der Waals surface area contributed by atoms with Crippen molar-refractivity contribution in [1.82, 2.24) is 15.6 Å². The summed E-state index contributed by atoms with van der Waals surface area (Å²) in [7, 11) is 1.86. The summed E-state index contributed by atoms with van der Waals surface area (Å²) in [5, 5.41) is 9.61. The first-order chi connectivity index (χ1) is 15.4. The Labute approximate surface area is 190 Å². The van der Waals surface area contributed by atoms with Gasteiger partial charge in [-0.25, -0.2) is 4.98 Å². The largest absolute Gasteiger partial charge is 0.363 e. The molecule has 1 aromatic carbocycles. The summed E-state index contributed by atoms with van der Waals surface area (Å²) in [5.74, 6) is 1.43. The molecule has 4 rings (SSSR count). The van der Waals surface area contributed by atoms with E-state index in [0.717, 1.165) is 35.6 Å². The summed E-state index contributed by atoms with van der Waals surface area (Å²) in [6, 6.07) is 11.7. The van der Waals surface area contributed by atoms with Crippen molar-refractivity contribution in [3.63, 3.8) is 0 Å². The number of nitrogens with one attached hydrogen (secondary N) is 3. The minimum absolute atomic E-state index is 0.0494. The second kappa shape index (κ2) is 9.28. The SMILES string of the molecule is CNCCNC(=O)c1ccc2c(c1)[C@H](Nc1cccc(C)n1)[C@@H](C)[C@H](C1CC1)N2C(C)=O. The number of rotatable bonds is 7. The highest BCUT2D eigenvalue weighted by Crippen LogP contribution is 2.50. The van der Waals surface area contributed by atoms with Crippen molar-refractivity contribution in [3.8, 4) is 0 Å². The molecule has 1 aliphatic carbocycles. The summed E-state index contributed by atoms with van der Waals surface area (Å²) in [6.45, 7) is 7.08. The number of aryl methyl sites for hydroxylation is 1. The topological polar surface area (TPSA) is 86.4 Å². The van der Waals surface area contributed by atoms with Gasteiger partial charge in [-0.1, -0.05) is 13.0 Å². The molecular weight excluding hydrogens is 402 g/mol. The molecule has 7 heteroatoms. The molecule has 2 heterocycles. The Morgan fingerprint density at radius 2 is 1.94 bits per heavy atom. The fourth-order valence-electron chi connectivity index (χ4n) is 4.89. The van der Waals surface area contributed by atoms with Crippen LogP contribution in [0.5, 0.6) is 0 Å². The number of hydrogen-bond donors (Lipinski definition) is 3. The predicted molar refractivity (Wildman–Crippen MR) is 127 cm³/mol. The fourth-order valence-corrected chi connectivity index (χ4v) is 4.89. The second-order valence-electron chi connectivity index (χ2n) is 9.00. The number of aromatic nitrogens is 1. The normalized spacial score (nSPS) is 22.2. The number of pyridine rings is 1. The first-order valence-electron chi connectivity index (χ1n) is 11.5. The molecule has 0 radical (unpaired) electrons. The third-order valence-corrected chi connectivity index (χ3v) is 6.54. The number of benzene rings is 1. The first-order valence-corrected chi connectivity index (χ1v) is 11.5. The molecule has 0 spiro atoms. The van der Waals surface area contributed by atoms with Crippen molar-refractivity contribution in [2.75, 3.05) is 30.4 Å². The van der Waals surface area contributed by atoms with E-state index in [-0.39, 0.29) is 29.8 Å². The standard InChI is InChI=1S/C25H33N5O2/c1-15-6-5-7-22(28-15)29-23-16(2)24(18-8-9-18)30(17(3)31)21-11-10-19(14-20(21)23)25(32)27-13-12-26-4/h5-7,10-11,14,16,18,23-24,26H,8-9,12-13H2,1-4H3,(H,27,32)(H,28,29)/t16-,23-,24-/m1/s1. The van der Waals surface area contributed by atoms with Crippen molar-refractivity contribution in [2.45, 2.75) is 45.7 Å². The van der Waals surface area contributed by atoms with Gasteiger partial charge < -0.3 is 20.9 Å². The lowest BCUT2D eigenvalue weighted by molar-refractivity contribution is -0.117. The van der Waals surface area contributed by atoms with Crippen LogP contribution in [-0.2, 0) is 4.79 Å². The smallest absolute Gasteiger partial charge is 0.251 e. The molecule has 7 nitrogen and oxygen atoms in total. The van der Waals surface area contributed by atoms with E-state index in [1.807, 2.05) is 55.3 Å². The summed E-state index contributed by atoms with van der Waals surface area (Å²) in [6.07, 6.45) is 2.30. The molecular formula is C25H33N5O2. The Hall–Kier alpha value is -2.93. The molecule has 2 aromatic rings. The molecule has 1 aliphatic heterocycles. The van der Waals surface area contributed by atoms with Gasteiger partial charge in [-0.2, -0.15) is 0 Å². The molecule has 2 amide bonds. The monoisotopic (exact) mass is 435 g/mol. The minimum atomic E-state index is -0.109. The van der Waals surface area contributed by atoms with E-state index in [0.29, 0.717) is 24.6 Å². The number of amides is 2. The summed E-state index contributed by atoms with van der Waals surface area (Å²) >= 11 is 0. The van der Waals surface area contributed by atoms with Gasteiger partial charge >= 0.3 is 0 Å². The quantitative estimate of drug-likeness (QED) is 0.581. The molecule has 0 bridgehead atoms. The maximum Gasteiger partial charge on any atom is 0.251 e. The molecule has 0 saturated heterocycles. The van der Waals surface area contributed by atoms with Crippen LogP contribution in [0.1, 0.15) is 54.3 Å². The Morgan fingerprint density at radius 1 is 1.16 bits per heavy atom.